The van der Waals surface area contributed by atoms with E-state index in [1.807, 2.05) is 18.2 Å². The van der Waals surface area contributed by atoms with Gasteiger partial charge in [-0.25, -0.2) is 4.98 Å². The molecule has 7 nitrogen and oxygen atoms in total. The summed E-state index contributed by atoms with van der Waals surface area (Å²) in [6, 6.07) is 8.00. The first kappa shape index (κ1) is 21.1. The maximum atomic E-state index is 5.48. The Labute approximate surface area is 189 Å². The molecule has 3 heterocycles. The predicted molar refractivity (Wildman–Crippen MR) is 127 cm³/mol. The molecule has 1 saturated heterocycles. The van der Waals surface area contributed by atoms with Crippen molar-refractivity contribution in [2.45, 2.75) is 39.0 Å². The smallest absolute Gasteiger partial charge is 0.158 e. The van der Waals surface area contributed by atoms with Crippen LogP contribution in [-0.4, -0.2) is 66.4 Å². The second-order valence-electron chi connectivity index (χ2n) is 8.80. The minimum absolute atomic E-state index is 0.760. The van der Waals surface area contributed by atoms with E-state index in [2.05, 4.69) is 27.3 Å². The Balaban J connectivity index is 1.59. The lowest BCUT2D eigenvalue weighted by Gasteiger charge is -2.37. The molecule has 2 aromatic heterocycles. The summed E-state index contributed by atoms with van der Waals surface area (Å²) < 4.78 is 13.0. The zero-order valence-electron chi connectivity index (χ0n) is 19.4. The van der Waals surface area contributed by atoms with Gasteiger partial charge in [-0.05, 0) is 50.8 Å². The molecule has 2 aliphatic rings. The van der Waals surface area contributed by atoms with Gasteiger partial charge in [0.05, 0.1) is 19.9 Å². The van der Waals surface area contributed by atoms with Gasteiger partial charge in [0.1, 0.15) is 17.3 Å². The van der Waals surface area contributed by atoms with Crippen molar-refractivity contribution in [3.05, 3.63) is 35.5 Å². The fourth-order valence-electron chi connectivity index (χ4n) is 5.05. The van der Waals surface area contributed by atoms with Crippen molar-refractivity contribution in [1.29, 1.82) is 0 Å². The summed E-state index contributed by atoms with van der Waals surface area (Å²) >= 11 is 0. The molecule has 5 rings (SSSR count). The second kappa shape index (κ2) is 8.98. The third-order valence-corrected chi connectivity index (χ3v) is 6.71. The number of fused-ring (bicyclic) bond motifs is 2. The number of nitrogens with zero attached hydrogens (tertiary/aromatic N) is 5. The number of piperazine rings is 1. The Bertz CT molecular complexity index is 1080. The van der Waals surface area contributed by atoms with E-state index in [1.165, 1.54) is 42.9 Å². The molecule has 170 valence electrons. The van der Waals surface area contributed by atoms with Crippen LogP contribution in [0.2, 0.25) is 0 Å². The normalized spacial score (nSPS) is 16.9. The number of aromatic nitrogens is 3. The van der Waals surface area contributed by atoms with E-state index in [9.17, 15) is 0 Å². The van der Waals surface area contributed by atoms with Crippen molar-refractivity contribution in [3.63, 3.8) is 0 Å². The van der Waals surface area contributed by atoms with E-state index < -0.39 is 0 Å². The summed E-state index contributed by atoms with van der Waals surface area (Å²) in [7, 11) is 3.35. The highest BCUT2D eigenvalue weighted by Gasteiger charge is 2.26. The first-order valence-electron chi connectivity index (χ1n) is 11.8. The molecule has 0 bridgehead atoms. The van der Waals surface area contributed by atoms with Gasteiger partial charge in [0.15, 0.2) is 5.65 Å². The largest absolute Gasteiger partial charge is 0.497 e. The monoisotopic (exact) mass is 435 g/mol. The molecule has 0 unspecified atom stereocenters. The Hall–Kier alpha value is -2.80. The van der Waals surface area contributed by atoms with Crippen molar-refractivity contribution in [3.8, 4) is 22.8 Å². The molecular formula is C25H33N5O2. The van der Waals surface area contributed by atoms with Crippen LogP contribution >= 0.6 is 0 Å². The maximum Gasteiger partial charge on any atom is 0.158 e. The minimum Gasteiger partial charge on any atom is -0.497 e. The van der Waals surface area contributed by atoms with Crippen LogP contribution in [0.5, 0.6) is 11.5 Å². The Morgan fingerprint density at radius 3 is 2.31 bits per heavy atom. The zero-order valence-corrected chi connectivity index (χ0v) is 19.4. The fraction of sp³-hybridized carbons (Fsp3) is 0.520. The molecule has 7 heteroatoms. The van der Waals surface area contributed by atoms with Crippen LogP contribution in [0.15, 0.2) is 24.3 Å². The number of methoxy groups -OCH3 is 2. The van der Waals surface area contributed by atoms with Crippen molar-refractivity contribution in [2.75, 3.05) is 51.8 Å². The first-order chi connectivity index (χ1) is 15.7. The third-order valence-electron chi connectivity index (χ3n) is 6.71. The van der Waals surface area contributed by atoms with Gasteiger partial charge in [-0.15, -0.1) is 0 Å². The van der Waals surface area contributed by atoms with Crippen LogP contribution in [-0.2, 0) is 12.8 Å². The lowest BCUT2D eigenvalue weighted by molar-refractivity contribution is 0.257. The van der Waals surface area contributed by atoms with Crippen LogP contribution in [0.4, 0.5) is 5.82 Å². The highest BCUT2D eigenvalue weighted by molar-refractivity contribution is 5.70. The second-order valence-corrected chi connectivity index (χ2v) is 8.80. The number of ether oxygens (including phenoxy) is 2. The summed E-state index contributed by atoms with van der Waals surface area (Å²) in [4.78, 5) is 10.2. The van der Waals surface area contributed by atoms with E-state index in [0.29, 0.717) is 0 Å². The third kappa shape index (κ3) is 3.90. The minimum atomic E-state index is 0.760. The zero-order chi connectivity index (χ0) is 22.1. The maximum absolute atomic E-state index is 5.48. The van der Waals surface area contributed by atoms with E-state index in [4.69, 9.17) is 19.6 Å². The standard InChI is InChI=1S/C25H33N5O2/c1-4-9-28-10-12-29(13-11-28)25-21-7-5-6-8-22(21)26-24-17-23(27-30(24)25)18-14-19(31-2)16-20(15-18)32-3/h14-17H,4-13H2,1-3H3. The van der Waals surface area contributed by atoms with Crippen LogP contribution in [0, 0.1) is 0 Å². The number of rotatable bonds is 6. The summed E-state index contributed by atoms with van der Waals surface area (Å²) in [5, 5.41) is 5.06. The Morgan fingerprint density at radius 2 is 1.62 bits per heavy atom. The van der Waals surface area contributed by atoms with Crippen LogP contribution in [0.1, 0.15) is 37.4 Å². The molecular weight excluding hydrogens is 402 g/mol. The van der Waals surface area contributed by atoms with Gasteiger partial charge in [-0.3, -0.25) is 4.90 Å². The molecule has 0 amide bonds. The Morgan fingerprint density at radius 1 is 0.906 bits per heavy atom. The number of aryl methyl sites for hydroxylation is 1. The molecule has 0 radical (unpaired) electrons. The number of hydrogen-bond acceptors (Lipinski definition) is 6. The number of anilines is 1. The SMILES string of the molecule is CCCN1CCN(c2c3c(nc4cc(-c5cc(OC)cc(OC)c5)nn24)CCCC3)CC1. The van der Waals surface area contributed by atoms with Gasteiger partial charge in [-0.2, -0.15) is 9.61 Å². The summed E-state index contributed by atoms with van der Waals surface area (Å²) in [5.41, 5.74) is 5.44. The Kier molecular flexibility index (Phi) is 5.91. The predicted octanol–water partition coefficient (Wildman–Crippen LogP) is 3.82. The van der Waals surface area contributed by atoms with E-state index >= 15 is 0 Å². The molecule has 1 aliphatic heterocycles. The van der Waals surface area contributed by atoms with Gasteiger partial charge in [0, 0.05) is 55.1 Å². The van der Waals surface area contributed by atoms with Gasteiger partial charge in [0.2, 0.25) is 0 Å². The average molecular weight is 436 g/mol. The van der Waals surface area contributed by atoms with Crippen LogP contribution < -0.4 is 14.4 Å². The number of hydrogen-bond donors (Lipinski definition) is 0. The first-order valence-corrected chi connectivity index (χ1v) is 11.8. The molecule has 32 heavy (non-hydrogen) atoms. The van der Waals surface area contributed by atoms with E-state index in [1.54, 1.807) is 14.2 Å². The van der Waals surface area contributed by atoms with Gasteiger partial charge in [-0.1, -0.05) is 6.92 Å². The van der Waals surface area contributed by atoms with Crippen molar-refractivity contribution < 1.29 is 9.47 Å². The summed E-state index contributed by atoms with van der Waals surface area (Å²) in [6.45, 7) is 7.72. The highest BCUT2D eigenvalue weighted by atomic mass is 16.5. The fourth-order valence-corrected chi connectivity index (χ4v) is 5.05. The van der Waals surface area contributed by atoms with Crippen molar-refractivity contribution in [1.82, 2.24) is 19.5 Å². The molecule has 1 fully saturated rings. The highest BCUT2D eigenvalue weighted by Crippen LogP contribution is 2.34. The lowest BCUT2D eigenvalue weighted by atomic mass is 9.96. The quantitative estimate of drug-likeness (QED) is 0.587. The summed E-state index contributed by atoms with van der Waals surface area (Å²) in [5.74, 6) is 2.77. The molecule has 1 aromatic carbocycles. The van der Waals surface area contributed by atoms with Crippen LogP contribution in [0.25, 0.3) is 16.9 Å². The number of benzene rings is 1. The topological polar surface area (TPSA) is 55.1 Å². The van der Waals surface area contributed by atoms with Crippen molar-refractivity contribution in [2.24, 2.45) is 0 Å². The summed E-state index contributed by atoms with van der Waals surface area (Å²) in [6.07, 6.45) is 5.80. The average Bonchev–Trinajstić information content (AvgIpc) is 3.26. The van der Waals surface area contributed by atoms with Gasteiger partial charge >= 0.3 is 0 Å². The van der Waals surface area contributed by atoms with E-state index in [0.717, 1.165) is 67.4 Å². The molecule has 0 saturated carbocycles. The van der Waals surface area contributed by atoms with Crippen molar-refractivity contribution >= 4 is 11.5 Å². The van der Waals surface area contributed by atoms with Gasteiger partial charge in [0.25, 0.3) is 0 Å². The molecule has 0 spiro atoms. The molecule has 3 aromatic rings. The van der Waals surface area contributed by atoms with E-state index in [-0.39, 0.29) is 0 Å². The molecule has 1 aliphatic carbocycles. The van der Waals surface area contributed by atoms with Crippen LogP contribution in [0.3, 0.4) is 0 Å². The van der Waals surface area contributed by atoms with Gasteiger partial charge < -0.3 is 14.4 Å². The lowest BCUT2D eigenvalue weighted by Crippen LogP contribution is -2.47. The molecule has 0 N–H and O–H groups in total. The molecule has 0 atom stereocenters.